The maximum atomic E-state index is 13.6. The summed E-state index contributed by atoms with van der Waals surface area (Å²) in [5.41, 5.74) is 1.50. The van der Waals surface area contributed by atoms with Gasteiger partial charge in [-0.2, -0.15) is 5.10 Å². The lowest BCUT2D eigenvalue weighted by Gasteiger charge is -2.14. The Morgan fingerprint density at radius 2 is 1.75 bits per heavy atom. The standard InChI is InChI=1S/C27H26FN3O5/c1-5-6-7-9-17(2)25(27(33)34)29-26(32)20-16-21(24-22(35-3)10-8-11-23(24)36-4)31(30-20)19-14-12-18(28)13-15-19/h5-16,25H,2H2,1,3-4H3,(H,29,32)(H,33,34)/b6-5-,9-7-/t25-/m0/s1. The number of nitrogens with zero attached hydrogens (tertiary/aromatic N) is 2. The molecule has 0 aliphatic rings. The van der Waals surface area contributed by atoms with Crippen LogP contribution in [-0.4, -0.2) is 47.0 Å². The van der Waals surface area contributed by atoms with Crippen LogP contribution < -0.4 is 14.8 Å². The molecule has 1 amide bonds. The van der Waals surface area contributed by atoms with E-state index in [1.165, 1.54) is 55.3 Å². The van der Waals surface area contributed by atoms with Gasteiger partial charge in [-0.3, -0.25) is 4.79 Å². The van der Waals surface area contributed by atoms with E-state index in [0.717, 1.165) is 0 Å². The lowest BCUT2D eigenvalue weighted by molar-refractivity contribution is -0.138. The van der Waals surface area contributed by atoms with E-state index in [-0.39, 0.29) is 11.3 Å². The summed E-state index contributed by atoms with van der Waals surface area (Å²) in [5, 5.41) is 16.5. The zero-order chi connectivity index (χ0) is 26.2. The Hall–Kier alpha value is -4.66. The molecule has 3 aromatic rings. The molecule has 0 fully saturated rings. The van der Waals surface area contributed by atoms with E-state index in [1.807, 2.05) is 6.92 Å². The summed E-state index contributed by atoms with van der Waals surface area (Å²) in [6.45, 7) is 5.57. The number of benzene rings is 2. The third kappa shape index (κ3) is 5.69. The zero-order valence-electron chi connectivity index (χ0n) is 20.1. The van der Waals surface area contributed by atoms with Crippen LogP contribution in [-0.2, 0) is 4.79 Å². The number of carbonyl (C=O) groups excluding carboxylic acids is 1. The molecule has 1 heterocycles. The fraction of sp³-hybridized carbons (Fsp3) is 0.148. The number of amides is 1. The minimum absolute atomic E-state index is 0.0706. The number of halogens is 1. The van der Waals surface area contributed by atoms with Crippen LogP contribution >= 0.6 is 0 Å². The van der Waals surface area contributed by atoms with Crippen molar-refractivity contribution < 1.29 is 28.6 Å². The molecule has 3 rings (SSSR count). The van der Waals surface area contributed by atoms with Gasteiger partial charge in [0, 0.05) is 0 Å². The SMILES string of the molecule is C=C(/C=C\C=C/C)[C@H](NC(=O)c1cc(-c2c(OC)cccc2OC)n(-c2ccc(F)cc2)n1)C(=O)O. The number of carboxylic acids is 1. The molecule has 8 nitrogen and oxygen atoms in total. The fourth-order valence-corrected chi connectivity index (χ4v) is 3.46. The van der Waals surface area contributed by atoms with Gasteiger partial charge in [0.05, 0.1) is 31.2 Å². The van der Waals surface area contributed by atoms with Crippen molar-refractivity contribution in [3.63, 3.8) is 0 Å². The van der Waals surface area contributed by atoms with Gasteiger partial charge in [0.25, 0.3) is 5.91 Å². The number of carbonyl (C=O) groups is 2. The molecule has 0 radical (unpaired) electrons. The van der Waals surface area contributed by atoms with Crippen LogP contribution in [0.25, 0.3) is 16.9 Å². The molecule has 2 N–H and O–H groups in total. The Kier molecular flexibility index (Phi) is 8.40. The molecule has 0 spiro atoms. The maximum absolute atomic E-state index is 13.6. The summed E-state index contributed by atoms with van der Waals surface area (Å²) >= 11 is 0. The number of ether oxygens (including phenoxy) is 2. The van der Waals surface area contributed by atoms with E-state index < -0.39 is 23.7 Å². The van der Waals surface area contributed by atoms with Gasteiger partial charge in [-0.1, -0.05) is 36.9 Å². The number of hydrogen-bond acceptors (Lipinski definition) is 5. The van der Waals surface area contributed by atoms with Crippen molar-refractivity contribution in [2.75, 3.05) is 14.2 Å². The first-order valence-corrected chi connectivity index (χ1v) is 10.9. The Morgan fingerprint density at radius 3 is 2.31 bits per heavy atom. The molecular weight excluding hydrogens is 465 g/mol. The van der Waals surface area contributed by atoms with Crippen LogP contribution in [0.2, 0.25) is 0 Å². The lowest BCUT2D eigenvalue weighted by Crippen LogP contribution is -2.41. The number of methoxy groups -OCH3 is 2. The number of allylic oxidation sites excluding steroid dienone is 3. The van der Waals surface area contributed by atoms with Gasteiger partial charge in [-0.25, -0.2) is 13.9 Å². The van der Waals surface area contributed by atoms with Crippen LogP contribution in [0.3, 0.4) is 0 Å². The highest BCUT2D eigenvalue weighted by Crippen LogP contribution is 2.39. The normalized spacial score (nSPS) is 12.0. The highest BCUT2D eigenvalue weighted by Gasteiger charge is 2.26. The monoisotopic (exact) mass is 491 g/mol. The smallest absolute Gasteiger partial charge is 0.330 e. The van der Waals surface area contributed by atoms with Crippen molar-refractivity contribution >= 4 is 11.9 Å². The molecule has 2 aromatic carbocycles. The number of aliphatic carboxylic acids is 1. The quantitative estimate of drug-likeness (QED) is 0.403. The molecule has 9 heteroatoms. The molecule has 0 saturated carbocycles. The molecule has 36 heavy (non-hydrogen) atoms. The number of nitrogens with one attached hydrogen (secondary N) is 1. The number of hydrogen-bond donors (Lipinski definition) is 2. The first-order chi connectivity index (χ1) is 17.3. The van der Waals surface area contributed by atoms with Gasteiger partial charge in [0.15, 0.2) is 11.7 Å². The molecule has 0 aliphatic carbocycles. The highest BCUT2D eigenvalue weighted by atomic mass is 19.1. The summed E-state index contributed by atoms with van der Waals surface area (Å²) < 4.78 is 26.1. The van der Waals surface area contributed by atoms with Crippen LogP contribution in [0, 0.1) is 5.82 Å². The van der Waals surface area contributed by atoms with E-state index in [0.29, 0.717) is 28.4 Å². The van der Waals surface area contributed by atoms with Gasteiger partial charge >= 0.3 is 5.97 Å². The van der Waals surface area contributed by atoms with Crippen molar-refractivity contribution in [2.45, 2.75) is 13.0 Å². The van der Waals surface area contributed by atoms with Crippen molar-refractivity contribution in [1.29, 1.82) is 0 Å². The molecule has 0 unspecified atom stereocenters. The second kappa shape index (κ2) is 11.7. The number of carboxylic acid groups (broad SMARTS) is 1. The molecule has 0 saturated heterocycles. The van der Waals surface area contributed by atoms with Crippen molar-refractivity contribution in [3.05, 3.63) is 96.5 Å². The van der Waals surface area contributed by atoms with Gasteiger partial charge in [-0.15, -0.1) is 0 Å². The average molecular weight is 492 g/mol. The summed E-state index contributed by atoms with van der Waals surface area (Å²) in [6.07, 6.45) is 6.61. The molecule has 0 bridgehead atoms. The summed E-state index contributed by atoms with van der Waals surface area (Å²) in [4.78, 5) is 25.0. The van der Waals surface area contributed by atoms with E-state index in [1.54, 1.807) is 36.4 Å². The van der Waals surface area contributed by atoms with Crippen LogP contribution in [0.4, 0.5) is 4.39 Å². The van der Waals surface area contributed by atoms with E-state index in [2.05, 4.69) is 17.0 Å². The Balaban J connectivity index is 2.10. The highest BCUT2D eigenvalue weighted by molar-refractivity contribution is 5.97. The van der Waals surface area contributed by atoms with Crippen molar-refractivity contribution in [2.24, 2.45) is 0 Å². The second-order valence-corrected chi connectivity index (χ2v) is 7.55. The fourth-order valence-electron chi connectivity index (χ4n) is 3.46. The summed E-state index contributed by atoms with van der Waals surface area (Å²) in [6, 6.07) is 10.8. The minimum atomic E-state index is -1.38. The number of rotatable bonds is 10. The predicted octanol–water partition coefficient (Wildman–Crippen LogP) is 4.57. The van der Waals surface area contributed by atoms with Gasteiger partial charge < -0.3 is 19.9 Å². The van der Waals surface area contributed by atoms with E-state index in [4.69, 9.17) is 9.47 Å². The molecule has 0 aliphatic heterocycles. The van der Waals surface area contributed by atoms with Gasteiger partial charge in [0.2, 0.25) is 0 Å². The topological polar surface area (TPSA) is 103 Å². The van der Waals surface area contributed by atoms with Gasteiger partial charge in [0.1, 0.15) is 17.3 Å². The second-order valence-electron chi connectivity index (χ2n) is 7.55. The molecule has 1 aromatic heterocycles. The Bertz CT molecular complexity index is 1300. The van der Waals surface area contributed by atoms with Crippen LogP contribution in [0.5, 0.6) is 11.5 Å². The lowest BCUT2D eigenvalue weighted by atomic mass is 10.1. The summed E-state index contributed by atoms with van der Waals surface area (Å²) in [7, 11) is 2.99. The average Bonchev–Trinajstić information content (AvgIpc) is 3.32. The van der Waals surface area contributed by atoms with Crippen molar-refractivity contribution in [3.8, 4) is 28.4 Å². The first-order valence-electron chi connectivity index (χ1n) is 10.9. The third-order valence-electron chi connectivity index (χ3n) is 5.20. The predicted molar refractivity (Wildman–Crippen MR) is 134 cm³/mol. The Labute approximate surface area is 208 Å². The summed E-state index contributed by atoms with van der Waals surface area (Å²) in [5.74, 6) is -1.54. The van der Waals surface area contributed by atoms with Crippen molar-refractivity contribution in [1.82, 2.24) is 15.1 Å². The minimum Gasteiger partial charge on any atom is -0.496 e. The molecular formula is C27H26FN3O5. The third-order valence-corrected chi connectivity index (χ3v) is 5.20. The Morgan fingerprint density at radius 1 is 1.11 bits per heavy atom. The first kappa shape index (κ1) is 26.0. The van der Waals surface area contributed by atoms with Crippen LogP contribution in [0.15, 0.2) is 85.0 Å². The van der Waals surface area contributed by atoms with E-state index >= 15 is 0 Å². The molecule has 1 atom stereocenters. The largest absolute Gasteiger partial charge is 0.496 e. The number of aromatic nitrogens is 2. The van der Waals surface area contributed by atoms with E-state index in [9.17, 15) is 19.1 Å². The van der Waals surface area contributed by atoms with Gasteiger partial charge in [-0.05, 0) is 55.0 Å². The van der Waals surface area contributed by atoms with Crippen LogP contribution in [0.1, 0.15) is 17.4 Å². The maximum Gasteiger partial charge on any atom is 0.330 e. The molecule has 186 valence electrons. The zero-order valence-corrected chi connectivity index (χ0v) is 20.1.